The van der Waals surface area contributed by atoms with Crippen LogP contribution in [0.1, 0.15) is 43.0 Å². The summed E-state index contributed by atoms with van der Waals surface area (Å²) in [7, 11) is 0. The summed E-state index contributed by atoms with van der Waals surface area (Å²) >= 11 is 0. The number of anilines is 1. The second kappa shape index (κ2) is 6.26. The van der Waals surface area contributed by atoms with Crippen molar-refractivity contribution in [1.29, 1.82) is 0 Å². The number of amides is 1. The molecule has 3 rings (SSSR count). The van der Waals surface area contributed by atoms with Crippen molar-refractivity contribution in [3.63, 3.8) is 0 Å². The van der Waals surface area contributed by atoms with Crippen LogP contribution in [-0.4, -0.2) is 22.6 Å². The molecule has 1 amide bonds. The van der Waals surface area contributed by atoms with Crippen LogP contribution in [0, 0.1) is 0 Å². The minimum atomic E-state index is -4.44. The molecule has 24 heavy (non-hydrogen) atoms. The molecule has 8 heteroatoms. The highest BCUT2D eigenvalue weighted by molar-refractivity contribution is 5.96. The summed E-state index contributed by atoms with van der Waals surface area (Å²) in [6.07, 6.45) is -2.75. The molecule has 1 saturated heterocycles. The lowest BCUT2D eigenvalue weighted by Gasteiger charge is -2.17. The molecule has 0 spiro atoms. The Bertz CT molecular complexity index is 742. The highest BCUT2D eigenvalue weighted by Gasteiger charge is 2.36. The van der Waals surface area contributed by atoms with Crippen molar-refractivity contribution in [2.24, 2.45) is 0 Å². The molecular formula is C16H16F3N3O2. The molecule has 1 aromatic carbocycles. The van der Waals surface area contributed by atoms with Crippen molar-refractivity contribution in [2.45, 2.75) is 38.3 Å². The average molecular weight is 339 g/mol. The minimum Gasteiger partial charge on any atom is -0.339 e. The molecule has 2 aromatic rings. The first kappa shape index (κ1) is 16.5. The number of carbonyl (C=O) groups is 1. The third-order valence-corrected chi connectivity index (χ3v) is 3.92. The van der Waals surface area contributed by atoms with Crippen LogP contribution in [0.3, 0.4) is 0 Å². The van der Waals surface area contributed by atoms with Gasteiger partial charge < -0.3 is 9.42 Å². The van der Waals surface area contributed by atoms with E-state index in [2.05, 4.69) is 10.1 Å². The first-order valence-electron chi connectivity index (χ1n) is 7.68. The monoisotopic (exact) mass is 339 g/mol. The average Bonchev–Trinajstić information content (AvgIpc) is 3.14. The molecule has 0 N–H and O–H groups in total. The predicted octanol–water partition coefficient (Wildman–Crippen LogP) is 3.56. The Morgan fingerprint density at radius 3 is 2.88 bits per heavy atom. The van der Waals surface area contributed by atoms with E-state index < -0.39 is 11.7 Å². The summed E-state index contributed by atoms with van der Waals surface area (Å²) in [6, 6.07) is 4.75. The number of nitrogens with zero attached hydrogens (tertiary/aromatic N) is 3. The second-order valence-electron chi connectivity index (χ2n) is 5.75. The van der Waals surface area contributed by atoms with Gasteiger partial charge in [-0.3, -0.25) is 4.79 Å². The topological polar surface area (TPSA) is 59.2 Å². The van der Waals surface area contributed by atoms with E-state index >= 15 is 0 Å². The van der Waals surface area contributed by atoms with E-state index in [1.165, 1.54) is 17.0 Å². The van der Waals surface area contributed by atoms with Crippen molar-refractivity contribution in [2.75, 3.05) is 11.4 Å². The standard InChI is InChI=1S/C16H16F3N3O2/c1-2-4-13-20-15(24-21-13)10-7-14(23)22(9-10)12-6-3-5-11(8-12)16(17,18)19/h3,5-6,8,10H,2,4,7,9H2,1H3. The summed E-state index contributed by atoms with van der Waals surface area (Å²) in [5.74, 6) is 0.387. The fraction of sp³-hybridized carbons (Fsp3) is 0.438. The van der Waals surface area contributed by atoms with Crippen LogP contribution < -0.4 is 4.90 Å². The number of aryl methyl sites for hydroxylation is 1. The second-order valence-corrected chi connectivity index (χ2v) is 5.75. The number of rotatable bonds is 4. The van der Waals surface area contributed by atoms with Crippen LogP contribution in [0.15, 0.2) is 28.8 Å². The lowest BCUT2D eigenvalue weighted by atomic mass is 10.1. The van der Waals surface area contributed by atoms with Crippen LogP contribution in [-0.2, 0) is 17.4 Å². The molecule has 1 unspecified atom stereocenters. The third-order valence-electron chi connectivity index (χ3n) is 3.92. The zero-order valence-electron chi connectivity index (χ0n) is 13.0. The molecule has 0 bridgehead atoms. The van der Waals surface area contributed by atoms with Crippen LogP contribution in [0.2, 0.25) is 0 Å². The van der Waals surface area contributed by atoms with Crippen molar-refractivity contribution >= 4 is 11.6 Å². The predicted molar refractivity (Wildman–Crippen MR) is 79.4 cm³/mol. The van der Waals surface area contributed by atoms with Gasteiger partial charge >= 0.3 is 6.18 Å². The van der Waals surface area contributed by atoms with Crippen molar-refractivity contribution < 1.29 is 22.5 Å². The summed E-state index contributed by atoms with van der Waals surface area (Å²) in [4.78, 5) is 17.8. The molecule has 0 saturated carbocycles. The van der Waals surface area contributed by atoms with Crippen LogP contribution >= 0.6 is 0 Å². The molecule has 1 aromatic heterocycles. The molecule has 128 valence electrons. The Balaban J connectivity index is 1.79. The van der Waals surface area contributed by atoms with Gasteiger partial charge in [0, 0.05) is 25.1 Å². The molecule has 2 heterocycles. The third kappa shape index (κ3) is 3.27. The first-order chi connectivity index (χ1) is 11.4. The number of benzene rings is 1. The van der Waals surface area contributed by atoms with E-state index in [4.69, 9.17) is 4.52 Å². The quantitative estimate of drug-likeness (QED) is 0.854. The van der Waals surface area contributed by atoms with E-state index in [9.17, 15) is 18.0 Å². The Kier molecular flexibility index (Phi) is 4.29. The maximum absolute atomic E-state index is 12.8. The van der Waals surface area contributed by atoms with Crippen molar-refractivity contribution in [3.8, 4) is 0 Å². The van der Waals surface area contributed by atoms with E-state index in [1.54, 1.807) is 0 Å². The zero-order valence-corrected chi connectivity index (χ0v) is 13.0. The van der Waals surface area contributed by atoms with Gasteiger partial charge in [0.15, 0.2) is 5.82 Å². The van der Waals surface area contributed by atoms with E-state index in [1.807, 2.05) is 6.92 Å². The van der Waals surface area contributed by atoms with Crippen molar-refractivity contribution in [1.82, 2.24) is 10.1 Å². The minimum absolute atomic E-state index is 0.143. The molecular weight excluding hydrogens is 323 g/mol. The van der Waals surface area contributed by atoms with Gasteiger partial charge in [0.05, 0.1) is 11.5 Å². The van der Waals surface area contributed by atoms with Gasteiger partial charge in [-0.25, -0.2) is 0 Å². The maximum Gasteiger partial charge on any atom is 0.416 e. The molecule has 0 aliphatic carbocycles. The Morgan fingerprint density at radius 1 is 1.38 bits per heavy atom. The highest BCUT2D eigenvalue weighted by atomic mass is 19.4. The van der Waals surface area contributed by atoms with Gasteiger partial charge in [0.2, 0.25) is 11.8 Å². The van der Waals surface area contributed by atoms with Gasteiger partial charge in [-0.05, 0) is 24.6 Å². The summed E-state index contributed by atoms with van der Waals surface area (Å²) in [5.41, 5.74) is -0.551. The van der Waals surface area contributed by atoms with Crippen LogP contribution in [0.4, 0.5) is 18.9 Å². The Morgan fingerprint density at radius 2 is 2.17 bits per heavy atom. The smallest absolute Gasteiger partial charge is 0.339 e. The fourth-order valence-electron chi connectivity index (χ4n) is 2.73. The fourth-order valence-corrected chi connectivity index (χ4v) is 2.73. The number of alkyl halides is 3. The first-order valence-corrected chi connectivity index (χ1v) is 7.68. The molecule has 0 radical (unpaired) electrons. The maximum atomic E-state index is 12.8. The van der Waals surface area contributed by atoms with Crippen LogP contribution in [0.25, 0.3) is 0 Å². The van der Waals surface area contributed by atoms with Crippen molar-refractivity contribution in [3.05, 3.63) is 41.5 Å². The van der Waals surface area contributed by atoms with Gasteiger partial charge in [-0.2, -0.15) is 18.2 Å². The number of aromatic nitrogens is 2. The SMILES string of the molecule is CCCc1noc(C2CC(=O)N(c3cccc(C(F)(F)F)c3)C2)n1. The lowest BCUT2D eigenvalue weighted by Crippen LogP contribution is -2.24. The number of hydrogen-bond donors (Lipinski definition) is 0. The molecule has 5 nitrogen and oxygen atoms in total. The summed E-state index contributed by atoms with van der Waals surface area (Å²) in [6.45, 7) is 2.22. The summed E-state index contributed by atoms with van der Waals surface area (Å²) in [5, 5.41) is 3.86. The number of halogens is 3. The summed E-state index contributed by atoms with van der Waals surface area (Å²) < 4.78 is 43.7. The van der Waals surface area contributed by atoms with Crippen LogP contribution in [0.5, 0.6) is 0 Å². The normalized spacial score (nSPS) is 18.4. The molecule has 1 aliphatic rings. The number of hydrogen-bond acceptors (Lipinski definition) is 4. The van der Waals surface area contributed by atoms with E-state index in [0.29, 0.717) is 18.1 Å². The Hall–Kier alpha value is -2.38. The van der Waals surface area contributed by atoms with E-state index in [0.717, 1.165) is 18.6 Å². The molecule has 1 aliphatic heterocycles. The lowest BCUT2D eigenvalue weighted by molar-refractivity contribution is -0.137. The molecule has 1 atom stereocenters. The largest absolute Gasteiger partial charge is 0.416 e. The van der Waals surface area contributed by atoms with Gasteiger partial charge in [0.25, 0.3) is 0 Å². The Labute approximate surface area is 136 Å². The van der Waals surface area contributed by atoms with Gasteiger partial charge in [-0.15, -0.1) is 0 Å². The van der Waals surface area contributed by atoms with Gasteiger partial charge in [-0.1, -0.05) is 18.1 Å². The zero-order chi connectivity index (χ0) is 17.3. The molecule has 1 fully saturated rings. The van der Waals surface area contributed by atoms with Gasteiger partial charge in [0.1, 0.15) is 0 Å². The number of carbonyl (C=O) groups excluding carboxylic acids is 1. The highest BCUT2D eigenvalue weighted by Crippen LogP contribution is 2.35. The van der Waals surface area contributed by atoms with E-state index in [-0.39, 0.29) is 30.5 Å².